The fourth-order valence-corrected chi connectivity index (χ4v) is 4.14. The minimum Gasteiger partial charge on any atom is -0.481 e. The van der Waals surface area contributed by atoms with E-state index >= 15 is 0 Å². The molecule has 0 heterocycles. The van der Waals surface area contributed by atoms with Crippen molar-refractivity contribution < 1.29 is 14.3 Å². The molecule has 0 saturated heterocycles. The minimum absolute atomic E-state index is 0.0523. The van der Waals surface area contributed by atoms with E-state index in [1.54, 1.807) is 48.5 Å². The zero-order chi connectivity index (χ0) is 22.9. The van der Waals surface area contributed by atoms with E-state index in [2.05, 4.69) is 42.5 Å². The van der Waals surface area contributed by atoms with Crippen LogP contribution >= 0.6 is 31.9 Å². The molecule has 32 heavy (non-hydrogen) atoms. The van der Waals surface area contributed by atoms with E-state index in [1.807, 2.05) is 30.3 Å². The number of hydrogen-bond acceptors (Lipinski definition) is 4. The Balaban J connectivity index is 1.69. The van der Waals surface area contributed by atoms with Crippen LogP contribution in [0.1, 0.15) is 5.56 Å². The SMILES string of the molecule is N#C/C(=C\c1cc(Br)c(OCC(=O)Nc2ccccc2)c(Br)c1)C(=O)Nc1ccccc1. The molecule has 2 N–H and O–H groups in total. The third-order valence-electron chi connectivity index (χ3n) is 4.13. The van der Waals surface area contributed by atoms with Crippen molar-refractivity contribution in [1.29, 1.82) is 5.26 Å². The number of benzene rings is 3. The average Bonchev–Trinajstić information content (AvgIpc) is 2.78. The fraction of sp³-hybridized carbons (Fsp3) is 0.0417. The molecule has 0 radical (unpaired) electrons. The third-order valence-corrected chi connectivity index (χ3v) is 5.31. The summed E-state index contributed by atoms with van der Waals surface area (Å²) < 4.78 is 6.77. The van der Waals surface area contributed by atoms with Crippen molar-refractivity contribution in [1.82, 2.24) is 0 Å². The van der Waals surface area contributed by atoms with Crippen molar-refractivity contribution in [3.63, 3.8) is 0 Å². The molecule has 6 nitrogen and oxygen atoms in total. The second-order valence-electron chi connectivity index (χ2n) is 6.51. The summed E-state index contributed by atoms with van der Waals surface area (Å²) in [5.41, 5.74) is 1.82. The lowest BCUT2D eigenvalue weighted by molar-refractivity contribution is -0.118. The second kappa shape index (κ2) is 11.3. The largest absolute Gasteiger partial charge is 0.481 e. The maximum atomic E-state index is 12.4. The molecule has 0 aliphatic rings. The first-order valence-corrected chi connectivity index (χ1v) is 11.0. The van der Waals surface area contributed by atoms with Gasteiger partial charge < -0.3 is 15.4 Å². The van der Waals surface area contributed by atoms with Gasteiger partial charge in [0.1, 0.15) is 17.4 Å². The molecule has 3 aromatic carbocycles. The van der Waals surface area contributed by atoms with E-state index in [-0.39, 0.29) is 18.1 Å². The summed E-state index contributed by atoms with van der Waals surface area (Å²) in [6.07, 6.45) is 1.47. The Morgan fingerprint density at radius 2 is 1.44 bits per heavy atom. The third kappa shape index (κ3) is 6.54. The summed E-state index contributed by atoms with van der Waals surface area (Å²) in [7, 11) is 0. The van der Waals surface area contributed by atoms with Gasteiger partial charge in [-0.15, -0.1) is 0 Å². The molecule has 0 bridgehead atoms. The van der Waals surface area contributed by atoms with Crippen LogP contribution in [0, 0.1) is 11.3 Å². The summed E-state index contributed by atoms with van der Waals surface area (Å²) in [5, 5.41) is 14.9. The first-order valence-electron chi connectivity index (χ1n) is 9.41. The smallest absolute Gasteiger partial charge is 0.266 e. The number of anilines is 2. The minimum atomic E-state index is -0.510. The lowest BCUT2D eigenvalue weighted by atomic mass is 10.1. The number of nitriles is 1. The van der Waals surface area contributed by atoms with E-state index < -0.39 is 5.91 Å². The molecule has 3 aromatic rings. The van der Waals surface area contributed by atoms with Crippen molar-refractivity contribution in [2.24, 2.45) is 0 Å². The number of nitrogens with one attached hydrogen (secondary N) is 2. The van der Waals surface area contributed by atoms with Gasteiger partial charge in [0.05, 0.1) is 8.95 Å². The van der Waals surface area contributed by atoms with Crippen LogP contribution in [-0.4, -0.2) is 18.4 Å². The number of ether oxygens (including phenoxy) is 1. The van der Waals surface area contributed by atoms with Gasteiger partial charge in [-0.2, -0.15) is 5.26 Å². The first-order chi connectivity index (χ1) is 15.5. The number of carbonyl (C=O) groups excluding carboxylic acids is 2. The highest BCUT2D eigenvalue weighted by Crippen LogP contribution is 2.35. The number of carbonyl (C=O) groups is 2. The molecule has 0 fully saturated rings. The Bertz CT molecular complexity index is 1170. The van der Waals surface area contributed by atoms with Crippen molar-refractivity contribution in [2.75, 3.05) is 17.2 Å². The Morgan fingerprint density at radius 3 is 1.97 bits per heavy atom. The van der Waals surface area contributed by atoms with Crippen molar-refractivity contribution >= 4 is 61.1 Å². The Hall–Kier alpha value is -3.41. The van der Waals surface area contributed by atoms with Crippen LogP contribution in [0.15, 0.2) is 87.3 Å². The Kier molecular flexibility index (Phi) is 8.20. The van der Waals surface area contributed by atoms with Gasteiger partial charge in [0.15, 0.2) is 6.61 Å². The van der Waals surface area contributed by atoms with E-state index in [9.17, 15) is 14.9 Å². The number of hydrogen-bond donors (Lipinski definition) is 2. The van der Waals surface area contributed by atoms with E-state index in [4.69, 9.17) is 4.74 Å². The zero-order valence-corrected chi connectivity index (χ0v) is 19.8. The van der Waals surface area contributed by atoms with Gasteiger partial charge in [0.2, 0.25) is 0 Å². The monoisotopic (exact) mass is 553 g/mol. The van der Waals surface area contributed by atoms with Crippen molar-refractivity contribution in [3.05, 3.63) is 92.9 Å². The topological polar surface area (TPSA) is 91.2 Å². The normalized spacial score (nSPS) is 10.7. The zero-order valence-electron chi connectivity index (χ0n) is 16.6. The van der Waals surface area contributed by atoms with Gasteiger partial charge >= 0.3 is 0 Å². The predicted molar refractivity (Wildman–Crippen MR) is 131 cm³/mol. The molecule has 0 saturated carbocycles. The highest BCUT2D eigenvalue weighted by Gasteiger charge is 2.14. The van der Waals surface area contributed by atoms with Crippen LogP contribution in [0.25, 0.3) is 6.08 Å². The molecule has 3 rings (SSSR count). The Morgan fingerprint density at radius 1 is 0.906 bits per heavy atom. The summed E-state index contributed by atoms with van der Waals surface area (Å²) in [4.78, 5) is 24.5. The van der Waals surface area contributed by atoms with Crippen LogP contribution in [0.4, 0.5) is 11.4 Å². The highest BCUT2D eigenvalue weighted by molar-refractivity contribution is 9.11. The van der Waals surface area contributed by atoms with Gasteiger partial charge in [-0.05, 0) is 79.9 Å². The summed E-state index contributed by atoms with van der Waals surface area (Å²) in [6, 6.07) is 23.3. The molecule has 0 aliphatic carbocycles. The number of nitrogens with zero attached hydrogens (tertiary/aromatic N) is 1. The van der Waals surface area contributed by atoms with Gasteiger partial charge in [-0.25, -0.2) is 0 Å². The maximum Gasteiger partial charge on any atom is 0.266 e. The molecule has 160 valence electrons. The summed E-state index contributed by atoms with van der Waals surface area (Å²) >= 11 is 6.84. The number of para-hydroxylation sites is 2. The molecule has 0 aliphatic heterocycles. The number of amides is 2. The average molecular weight is 555 g/mol. The molecule has 0 unspecified atom stereocenters. The lowest BCUT2D eigenvalue weighted by Crippen LogP contribution is -2.20. The van der Waals surface area contributed by atoms with Crippen LogP contribution in [0.2, 0.25) is 0 Å². The van der Waals surface area contributed by atoms with Crippen molar-refractivity contribution in [2.45, 2.75) is 0 Å². The van der Waals surface area contributed by atoms with E-state index in [0.717, 1.165) is 0 Å². The fourth-order valence-electron chi connectivity index (χ4n) is 2.69. The quantitative estimate of drug-likeness (QED) is 0.286. The summed E-state index contributed by atoms with van der Waals surface area (Å²) in [6.45, 7) is -0.190. The number of halogens is 2. The molecular weight excluding hydrogens is 538 g/mol. The molecular formula is C24H17Br2N3O3. The van der Waals surface area contributed by atoms with Gasteiger partial charge in [-0.1, -0.05) is 36.4 Å². The van der Waals surface area contributed by atoms with Gasteiger partial charge in [0, 0.05) is 11.4 Å². The predicted octanol–water partition coefficient (Wildman–Crippen LogP) is 5.77. The maximum absolute atomic E-state index is 12.4. The standard InChI is InChI=1S/C24H17Br2N3O3/c25-20-12-16(11-17(14-27)24(31)29-19-9-5-2-6-10-19)13-21(26)23(20)32-15-22(30)28-18-7-3-1-4-8-18/h1-13H,15H2,(H,28,30)(H,29,31)/b17-11+. The second-order valence-corrected chi connectivity index (χ2v) is 8.22. The molecule has 8 heteroatoms. The van der Waals surface area contributed by atoms with E-state index in [0.29, 0.717) is 31.6 Å². The summed E-state index contributed by atoms with van der Waals surface area (Å²) in [5.74, 6) is -0.384. The molecule has 0 aromatic heterocycles. The molecule has 0 atom stereocenters. The van der Waals surface area contributed by atoms with Crippen LogP contribution in [-0.2, 0) is 9.59 Å². The lowest BCUT2D eigenvalue weighted by Gasteiger charge is -2.12. The van der Waals surface area contributed by atoms with Gasteiger partial charge in [-0.3, -0.25) is 9.59 Å². The molecule has 2 amide bonds. The van der Waals surface area contributed by atoms with Gasteiger partial charge in [0.25, 0.3) is 11.8 Å². The first kappa shape index (κ1) is 23.3. The Labute approximate surface area is 202 Å². The van der Waals surface area contributed by atoms with Crippen LogP contribution in [0.5, 0.6) is 5.75 Å². The van der Waals surface area contributed by atoms with Crippen molar-refractivity contribution in [3.8, 4) is 11.8 Å². The van der Waals surface area contributed by atoms with Crippen LogP contribution < -0.4 is 15.4 Å². The number of rotatable bonds is 7. The van der Waals surface area contributed by atoms with E-state index in [1.165, 1.54) is 6.08 Å². The molecule has 0 spiro atoms. The van der Waals surface area contributed by atoms with Crippen LogP contribution in [0.3, 0.4) is 0 Å². The highest BCUT2D eigenvalue weighted by atomic mass is 79.9.